The smallest absolute Gasteiger partial charge is 0.230 e. The highest BCUT2D eigenvalue weighted by Crippen LogP contribution is 2.28. The molecule has 5 heteroatoms. The first kappa shape index (κ1) is 17.8. The lowest BCUT2D eigenvalue weighted by atomic mass is 9.81. The van der Waals surface area contributed by atoms with Crippen LogP contribution in [0.5, 0.6) is 5.75 Å². The summed E-state index contributed by atoms with van der Waals surface area (Å²) in [6.07, 6.45) is 1.59. The van der Waals surface area contributed by atoms with E-state index in [1.54, 1.807) is 12.1 Å². The third kappa shape index (κ3) is 4.03. The van der Waals surface area contributed by atoms with Crippen LogP contribution in [0, 0.1) is 5.41 Å². The van der Waals surface area contributed by atoms with Crippen LogP contribution < -0.4 is 5.73 Å². The van der Waals surface area contributed by atoms with E-state index in [4.69, 9.17) is 5.73 Å². The van der Waals surface area contributed by atoms with Crippen LogP contribution in [0.4, 0.5) is 0 Å². The molecule has 0 aromatic heterocycles. The van der Waals surface area contributed by atoms with Gasteiger partial charge < -0.3 is 15.7 Å². The molecule has 1 fully saturated rings. The number of piperazine rings is 1. The highest BCUT2D eigenvalue weighted by Gasteiger charge is 2.37. The van der Waals surface area contributed by atoms with Gasteiger partial charge >= 0.3 is 0 Å². The third-order valence-electron chi connectivity index (χ3n) is 5.17. The van der Waals surface area contributed by atoms with Gasteiger partial charge in [0, 0.05) is 39.3 Å². The van der Waals surface area contributed by atoms with Crippen molar-refractivity contribution in [1.82, 2.24) is 9.80 Å². The number of carbonyl (C=O) groups excluding carboxylic acids is 1. The summed E-state index contributed by atoms with van der Waals surface area (Å²) >= 11 is 0. The predicted octanol–water partition coefficient (Wildman–Crippen LogP) is 1.80. The molecule has 0 unspecified atom stereocenters. The Bertz CT molecular complexity index is 512. The molecule has 3 N–H and O–H groups in total. The Labute approximate surface area is 139 Å². The predicted molar refractivity (Wildman–Crippen MR) is 92.0 cm³/mol. The van der Waals surface area contributed by atoms with Crippen LogP contribution in [0.2, 0.25) is 0 Å². The summed E-state index contributed by atoms with van der Waals surface area (Å²) in [6.45, 7) is 8.53. The van der Waals surface area contributed by atoms with Gasteiger partial charge in [0.2, 0.25) is 5.91 Å². The molecule has 1 aromatic carbocycles. The molecular weight excluding hydrogens is 290 g/mol. The SMILES string of the molecule is CCC(CC)(CN)C(=O)N1CCN(Cc2cccc(O)c2)CC1. The molecule has 1 aliphatic heterocycles. The minimum atomic E-state index is -0.395. The molecule has 0 saturated carbocycles. The lowest BCUT2D eigenvalue weighted by Gasteiger charge is -2.40. The van der Waals surface area contributed by atoms with Crippen LogP contribution in [0.1, 0.15) is 32.3 Å². The van der Waals surface area contributed by atoms with Crippen LogP contribution in [-0.2, 0) is 11.3 Å². The summed E-state index contributed by atoms with van der Waals surface area (Å²) in [4.78, 5) is 17.1. The Morgan fingerprint density at radius 2 is 1.87 bits per heavy atom. The summed E-state index contributed by atoms with van der Waals surface area (Å²) in [5, 5.41) is 9.55. The van der Waals surface area contributed by atoms with Gasteiger partial charge in [-0.25, -0.2) is 0 Å². The molecule has 1 aromatic rings. The molecule has 0 aliphatic carbocycles. The summed E-state index contributed by atoms with van der Waals surface area (Å²) in [7, 11) is 0. The molecule has 1 saturated heterocycles. The second-order valence-electron chi connectivity index (χ2n) is 6.43. The van der Waals surface area contributed by atoms with Crippen LogP contribution >= 0.6 is 0 Å². The molecule has 1 aliphatic rings. The molecule has 2 rings (SSSR count). The summed E-state index contributed by atoms with van der Waals surface area (Å²) in [5.74, 6) is 0.511. The van der Waals surface area contributed by atoms with Crippen LogP contribution in [-0.4, -0.2) is 53.5 Å². The monoisotopic (exact) mass is 319 g/mol. The van der Waals surface area contributed by atoms with Gasteiger partial charge in [-0.15, -0.1) is 0 Å². The second-order valence-corrected chi connectivity index (χ2v) is 6.43. The van der Waals surface area contributed by atoms with Crippen molar-refractivity contribution in [1.29, 1.82) is 0 Å². The number of phenols is 1. The maximum absolute atomic E-state index is 12.8. The average Bonchev–Trinajstić information content (AvgIpc) is 2.57. The standard InChI is InChI=1S/C18H29N3O2/c1-3-18(4-2,14-19)17(23)21-10-8-20(9-11-21)13-15-6-5-7-16(22)12-15/h5-7,12,22H,3-4,8-11,13-14,19H2,1-2H3. The first-order chi connectivity index (χ1) is 11.0. The first-order valence-electron chi connectivity index (χ1n) is 8.54. The second kappa shape index (κ2) is 7.79. The summed E-state index contributed by atoms with van der Waals surface area (Å²) in [6, 6.07) is 7.36. The van der Waals surface area contributed by atoms with Crippen molar-refractivity contribution in [3.8, 4) is 5.75 Å². The van der Waals surface area contributed by atoms with E-state index in [1.165, 1.54) is 0 Å². The van der Waals surface area contributed by atoms with Gasteiger partial charge in [-0.1, -0.05) is 26.0 Å². The number of benzene rings is 1. The molecule has 0 radical (unpaired) electrons. The molecule has 0 atom stereocenters. The number of nitrogens with zero attached hydrogens (tertiary/aromatic N) is 2. The fourth-order valence-corrected chi connectivity index (χ4v) is 3.29. The number of hydrogen-bond acceptors (Lipinski definition) is 4. The van der Waals surface area contributed by atoms with E-state index in [2.05, 4.69) is 4.90 Å². The molecule has 128 valence electrons. The Hall–Kier alpha value is -1.59. The van der Waals surface area contributed by atoms with Crippen molar-refractivity contribution >= 4 is 5.91 Å². The Kier molecular flexibility index (Phi) is 6.02. The van der Waals surface area contributed by atoms with E-state index in [1.807, 2.05) is 30.9 Å². The Balaban J connectivity index is 1.92. The fraction of sp³-hybridized carbons (Fsp3) is 0.611. The van der Waals surface area contributed by atoms with Crippen molar-refractivity contribution < 1.29 is 9.90 Å². The van der Waals surface area contributed by atoms with Gasteiger partial charge in [0.25, 0.3) is 0 Å². The normalized spacial score (nSPS) is 16.6. The molecule has 23 heavy (non-hydrogen) atoms. The van der Waals surface area contributed by atoms with Gasteiger partial charge in [-0.3, -0.25) is 9.69 Å². The van der Waals surface area contributed by atoms with E-state index < -0.39 is 5.41 Å². The van der Waals surface area contributed by atoms with Crippen LogP contribution in [0.15, 0.2) is 24.3 Å². The number of phenolic OH excluding ortho intramolecular Hbond substituents is 1. The largest absolute Gasteiger partial charge is 0.508 e. The third-order valence-corrected chi connectivity index (χ3v) is 5.17. The van der Waals surface area contributed by atoms with Gasteiger partial charge in [0.05, 0.1) is 5.41 Å². The zero-order valence-electron chi connectivity index (χ0n) is 14.3. The number of nitrogens with two attached hydrogens (primary N) is 1. The topological polar surface area (TPSA) is 69.8 Å². The van der Waals surface area contributed by atoms with Gasteiger partial charge in [0.1, 0.15) is 5.75 Å². The van der Waals surface area contributed by atoms with Crippen molar-refractivity contribution in [2.45, 2.75) is 33.2 Å². The molecular formula is C18H29N3O2. The van der Waals surface area contributed by atoms with Crippen molar-refractivity contribution in [3.05, 3.63) is 29.8 Å². The van der Waals surface area contributed by atoms with E-state index in [-0.39, 0.29) is 5.91 Å². The highest BCUT2D eigenvalue weighted by molar-refractivity contribution is 5.83. The van der Waals surface area contributed by atoms with E-state index in [9.17, 15) is 9.90 Å². The van der Waals surface area contributed by atoms with Crippen molar-refractivity contribution in [2.75, 3.05) is 32.7 Å². The lowest BCUT2D eigenvalue weighted by molar-refractivity contribution is -0.144. The zero-order valence-corrected chi connectivity index (χ0v) is 14.3. The quantitative estimate of drug-likeness (QED) is 0.839. The Morgan fingerprint density at radius 1 is 1.22 bits per heavy atom. The molecule has 0 bridgehead atoms. The number of carbonyl (C=O) groups is 1. The molecule has 1 heterocycles. The zero-order chi connectivity index (χ0) is 16.9. The lowest BCUT2D eigenvalue weighted by Crippen LogP contribution is -2.54. The number of aromatic hydroxyl groups is 1. The summed E-state index contributed by atoms with van der Waals surface area (Å²) < 4.78 is 0. The van der Waals surface area contributed by atoms with Crippen LogP contribution in [0.3, 0.4) is 0 Å². The van der Waals surface area contributed by atoms with Gasteiger partial charge in [-0.05, 0) is 30.5 Å². The van der Waals surface area contributed by atoms with Gasteiger partial charge in [-0.2, -0.15) is 0 Å². The minimum Gasteiger partial charge on any atom is -0.508 e. The molecule has 5 nitrogen and oxygen atoms in total. The van der Waals surface area contributed by atoms with E-state index >= 15 is 0 Å². The maximum atomic E-state index is 12.8. The minimum absolute atomic E-state index is 0.210. The summed E-state index contributed by atoms with van der Waals surface area (Å²) in [5.41, 5.74) is 6.60. The van der Waals surface area contributed by atoms with E-state index in [0.717, 1.165) is 51.1 Å². The van der Waals surface area contributed by atoms with Crippen molar-refractivity contribution in [3.63, 3.8) is 0 Å². The number of rotatable bonds is 6. The Morgan fingerprint density at radius 3 is 2.39 bits per heavy atom. The maximum Gasteiger partial charge on any atom is 0.230 e. The average molecular weight is 319 g/mol. The number of hydrogen-bond donors (Lipinski definition) is 2. The van der Waals surface area contributed by atoms with Crippen LogP contribution in [0.25, 0.3) is 0 Å². The van der Waals surface area contributed by atoms with Crippen molar-refractivity contribution in [2.24, 2.45) is 11.1 Å². The fourth-order valence-electron chi connectivity index (χ4n) is 3.29. The first-order valence-corrected chi connectivity index (χ1v) is 8.54. The highest BCUT2D eigenvalue weighted by atomic mass is 16.3. The molecule has 0 spiro atoms. The molecule has 1 amide bonds. The number of amides is 1. The van der Waals surface area contributed by atoms with Gasteiger partial charge in [0.15, 0.2) is 0 Å². The van der Waals surface area contributed by atoms with E-state index in [0.29, 0.717) is 12.3 Å².